The van der Waals surface area contributed by atoms with Crippen LogP contribution in [-0.4, -0.2) is 23.2 Å². The molecule has 2 atom stereocenters. The second kappa shape index (κ2) is 4.86. The fourth-order valence-corrected chi connectivity index (χ4v) is 2.15. The Bertz CT molecular complexity index is 553. The third-order valence-corrected chi connectivity index (χ3v) is 3.64. The molecule has 6 nitrogen and oxygen atoms in total. The van der Waals surface area contributed by atoms with E-state index in [1.807, 2.05) is 19.9 Å². The van der Waals surface area contributed by atoms with Gasteiger partial charge in [0.1, 0.15) is 6.07 Å². The Hall–Kier alpha value is -2.13. The summed E-state index contributed by atoms with van der Waals surface area (Å²) in [6, 6.07) is 6.25. The second-order valence-electron chi connectivity index (χ2n) is 4.90. The van der Waals surface area contributed by atoms with E-state index in [-0.39, 0.29) is 22.9 Å². The van der Waals surface area contributed by atoms with Crippen LogP contribution in [0.15, 0.2) is 18.2 Å². The van der Waals surface area contributed by atoms with Gasteiger partial charge in [-0.15, -0.1) is 0 Å². The molecule has 1 saturated heterocycles. The number of nitrogens with zero attached hydrogens (tertiary/aromatic N) is 2. The quantitative estimate of drug-likeness (QED) is 0.666. The number of ether oxygens (including phenoxy) is 1. The number of nitriles is 1. The summed E-state index contributed by atoms with van der Waals surface area (Å²) in [6.45, 7) is 4.66. The zero-order chi connectivity index (χ0) is 14.0. The van der Waals surface area contributed by atoms with Crippen LogP contribution in [0.25, 0.3) is 0 Å². The summed E-state index contributed by atoms with van der Waals surface area (Å²) < 4.78 is 5.52. The van der Waals surface area contributed by atoms with Crippen LogP contribution in [0.1, 0.15) is 25.8 Å². The Morgan fingerprint density at radius 1 is 1.63 bits per heavy atom. The molecule has 1 aliphatic heterocycles. The van der Waals surface area contributed by atoms with Gasteiger partial charge in [-0.05, 0) is 26.3 Å². The lowest BCUT2D eigenvalue weighted by Gasteiger charge is -2.30. The molecule has 0 bridgehead atoms. The number of hydrogen-bond donors (Lipinski definition) is 1. The molecule has 6 heteroatoms. The van der Waals surface area contributed by atoms with Gasteiger partial charge in [-0.2, -0.15) is 5.26 Å². The molecule has 0 radical (unpaired) electrons. The largest absolute Gasteiger partial charge is 0.376 e. The lowest BCUT2D eigenvalue weighted by molar-refractivity contribution is -0.384. The normalized spacial score (nSPS) is 25.8. The van der Waals surface area contributed by atoms with Crippen LogP contribution < -0.4 is 5.32 Å². The molecule has 1 aromatic rings. The van der Waals surface area contributed by atoms with Gasteiger partial charge in [0.25, 0.3) is 5.69 Å². The van der Waals surface area contributed by atoms with E-state index in [9.17, 15) is 10.1 Å². The van der Waals surface area contributed by atoms with Crippen molar-refractivity contribution in [1.29, 1.82) is 5.26 Å². The minimum Gasteiger partial charge on any atom is -0.376 e. The molecule has 2 unspecified atom stereocenters. The van der Waals surface area contributed by atoms with Crippen molar-refractivity contribution in [2.45, 2.75) is 31.9 Å². The lowest BCUT2D eigenvalue weighted by Crippen LogP contribution is -2.41. The minimum atomic E-state index is -0.506. The topological polar surface area (TPSA) is 88.2 Å². The van der Waals surface area contributed by atoms with Crippen molar-refractivity contribution in [2.24, 2.45) is 0 Å². The Balaban J connectivity index is 2.31. The maximum Gasteiger partial charge on any atom is 0.270 e. The molecule has 1 N–H and O–H groups in total. The molecule has 0 saturated carbocycles. The molecule has 0 amide bonds. The number of hydrogen-bond acceptors (Lipinski definition) is 5. The monoisotopic (exact) mass is 261 g/mol. The van der Waals surface area contributed by atoms with Crippen LogP contribution in [-0.2, 0) is 4.74 Å². The summed E-state index contributed by atoms with van der Waals surface area (Å²) in [4.78, 5) is 10.2. The third-order valence-electron chi connectivity index (χ3n) is 3.64. The summed E-state index contributed by atoms with van der Waals surface area (Å²) in [5, 5.41) is 23.1. The lowest BCUT2D eigenvalue weighted by atomic mass is 9.93. The molecule has 19 heavy (non-hydrogen) atoms. The number of rotatable bonds is 3. The Morgan fingerprint density at radius 3 is 2.89 bits per heavy atom. The molecule has 1 aliphatic rings. The van der Waals surface area contributed by atoms with E-state index in [1.54, 1.807) is 6.07 Å². The number of nitro benzene ring substituents is 1. The first kappa shape index (κ1) is 13.3. The Kier molecular flexibility index (Phi) is 3.40. The average molecular weight is 261 g/mol. The van der Waals surface area contributed by atoms with Crippen LogP contribution in [0, 0.1) is 21.4 Å². The Morgan fingerprint density at radius 2 is 2.37 bits per heavy atom. The highest BCUT2D eigenvalue weighted by molar-refractivity contribution is 5.62. The molecule has 0 aromatic heterocycles. The van der Waals surface area contributed by atoms with Crippen molar-refractivity contribution in [3.8, 4) is 6.07 Å². The number of non-ortho nitro benzene ring substituents is 1. The fourth-order valence-electron chi connectivity index (χ4n) is 2.15. The van der Waals surface area contributed by atoms with E-state index in [4.69, 9.17) is 10.00 Å². The zero-order valence-electron chi connectivity index (χ0n) is 10.8. The van der Waals surface area contributed by atoms with Gasteiger partial charge in [-0.1, -0.05) is 0 Å². The van der Waals surface area contributed by atoms with Crippen molar-refractivity contribution >= 4 is 11.4 Å². The molecular formula is C13H15N3O3. The third kappa shape index (κ3) is 2.51. The highest BCUT2D eigenvalue weighted by Crippen LogP contribution is 2.31. The summed E-state index contributed by atoms with van der Waals surface area (Å²) in [5.74, 6) is 0. The molecule has 1 fully saturated rings. The summed E-state index contributed by atoms with van der Waals surface area (Å²) in [7, 11) is 0. The first-order chi connectivity index (χ1) is 8.96. The van der Waals surface area contributed by atoms with E-state index in [0.29, 0.717) is 12.3 Å². The van der Waals surface area contributed by atoms with Gasteiger partial charge in [0, 0.05) is 18.7 Å². The highest BCUT2D eigenvalue weighted by Gasteiger charge is 2.37. The first-order valence-electron chi connectivity index (χ1n) is 6.04. The number of anilines is 1. The van der Waals surface area contributed by atoms with Crippen LogP contribution in [0.4, 0.5) is 11.4 Å². The van der Waals surface area contributed by atoms with Gasteiger partial charge in [0.2, 0.25) is 0 Å². The molecule has 2 rings (SSSR count). The predicted octanol–water partition coefficient (Wildman–Crippen LogP) is 2.45. The highest BCUT2D eigenvalue weighted by atomic mass is 16.6. The van der Waals surface area contributed by atoms with Crippen LogP contribution in [0.5, 0.6) is 0 Å². The van der Waals surface area contributed by atoms with E-state index < -0.39 is 4.92 Å². The Labute approximate surface area is 111 Å². The van der Waals surface area contributed by atoms with Gasteiger partial charge in [-0.3, -0.25) is 10.1 Å². The number of nitrogens with one attached hydrogen (secondary N) is 1. The summed E-state index contributed by atoms with van der Waals surface area (Å²) >= 11 is 0. The van der Waals surface area contributed by atoms with E-state index in [2.05, 4.69) is 5.32 Å². The summed E-state index contributed by atoms with van der Waals surface area (Å²) in [6.07, 6.45) is 0.852. The maximum atomic E-state index is 10.7. The van der Waals surface area contributed by atoms with Crippen LogP contribution >= 0.6 is 0 Å². The van der Waals surface area contributed by atoms with Gasteiger partial charge in [0.05, 0.1) is 27.8 Å². The predicted molar refractivity (Wildman–Crippen MR) is 69.9 cm³/mol. The molecule has 1 aromatic carbocycles. The molecule has 100 valence electrons. The van der Waals surface area contributed by atoms with Gasteiger partial charge < -0.3 is 10.1 Å². The van der Waals surface area contributed by atoms with Gasteiger partial charge in [-0.25, -0.2) is 0 Å². The van der Waals surface area contributed by atoms with E-state index in [1.165, 1.54) is 12.1 Å². The van der Waals surface area contributed by atoms with Crippen molar-refractivity contribution in [3.05, 3.63) is 33.9 Å². The summed E-state index contributed by atoms with van der Waals surface area (Å²) in [5.41, 5.74) is 0.535. The van der Waals surface area contributed by atoms with Gasteiger partial charge >= 0.3 is 0 Å². The molecule has 0 aliphatic carbocycles. The van der Waals surface area contributed by atoms with Crippen molar-refractivity contribution in [3.63, 3.8) is 0 Å². The van der Waals surface area contributed by atoms with Gasteiger partial charge in [0.15, 0.2) is 0 Å². The zero-order valence-corrected chi connectivity index (χ0v) is 10.8. The second-order valence-corrected chi connectivity index (χ2v) is 4.90. The van der Waals surface area contributed by atoms with E-state index in [0.717, 1.165) is 6.42 Å². The van der Waals surface area contributed by atoms with Crippen molar-refractivity contribution < 1.29 is 9.66 Å². The molecule has 0 spiro atoms. The maximum absolute atomic E-state index is 10.7. The molecular weight excluding hydrogens is 246 g/mol. The average Bonchev–Trinajstić information content (AvgIpc) is 2.69. The van der Waals surface area contributed by atoms with Crippen LogP contribution in [0.2, 0.25) is 0 Å². The standard InChI is InChI=1S/C13H15N3O3/c1-9-13(2,5-6-19-9)15-12-4-3-11(16(17)18)7-10(12)8-14/h3-4,7,9,15H,5-6H2,1-2H3. The molecule has 1 heterocycles. The van der Waals surface area contributed by atoms with E-state index >= 15 is 0 Å². The van der Waals surface area contributed by atoms with Crippen LogP contribution in [0.3, 0.4) is 0 Å². The fraction of sp³-hybridized carbons (Fsp3) is 0.462. The minimum absolute atomic E-state index is 0.0224. The smallest absolute Gasteiger partial charge is 0.270 e. The van der Waals surface area contributed by atoms with Crippen molar-refractivity contribution in [1.82, 2.24) is 0 Å². The SMILES string of the molecule is CC1OCCC1(C)Nc1ccc([N+](=O)[O-])cc1C#N. The number of nitro groups is 1. The number of benzene rings is 1. The van der Waals surface area contributed by atoms with Crippen molar-refractivity contribution in [2.75, 3.05) is 11.9 Å². The first-order valence-corrected chi connectivity index (χ1v) is 6.04.